The fourth-order valence-electron chi connectivity index (χ4n) is 1.35. The van der Waals surface area contributed by atoms with Gasteiger partial charge in [0.15, 0.2) is 0 Å². The number of carbonyl (C=O) groups is 1. The van der Waals surface area contributed by atoms with E-state index in [0.717, 1.165) is 0 Å². The van der Waals surface area contributed by atoms with Crippen molar-refractivity contribution in [3.05, 3.63) is 39.4 Å². The largest absolute Gasteiger partial charge is 0.462 e. The average molecular weight is 261 g/mol. The van der Waals surface area contributed by atoms with Crippen LogP contribution in [0.15, 0.2) is 18.2 Å². The molecule has 0 saturated carbocycles. The van der Waals surface area contributed by atoms with E-state index in [1.807, 2.05) is 0 Å². The second kappa shape index (κ2) is 6.82. The number of nitro groups is 1. The van der Waals surface area contributed by atoms with Crippen LogP contribution >= 0.6 is 12.4 Å². The molecule has 0 amide bonds. The molecule has 6 nitrogen and oxygen atoms in total. The Bertz CT molecular complexity index is 423. The van der Waals surface area contributed by atoms with Gasteiger partial charge in [-0.05, 0) is 12.5 Å². The fraction of sp³-hybridized carbons (Fsp3) is 0.300. The molecule has 0 aliphatic heterocycles. The van der Waals surface area contributed by atoms with Crippen molar-refractivity contribution in [2.75, 3.05) is 6.61 Å². The molecule has 94 valence electrons. The predicted octanol–water partition coefficient (Wildman–Crippen LogP) is 1.65. The van der Waals surface area contributed by atoms with Gasteiger partial charge in [0.05, 0.1) is 11.5 Å². The van der Waals surface area contributed by atoms with Gasteiger partial charge in [-0.15, -0.1) is 12.4 Å². The van der Waals surface area contributed by atoms with Crippen LogP contribution in [0.1, 0.15) is 22.8 Å². The Kier molecular flexibility index (Phi) is 6.16. The lowest BCUT2D eigenvalue weighted by molar-refractivity contribution is -0.385. The highest BCUT2D eigenvalue weighted by Crippen LogP contribution is 2.23. The number of rotatable bonds is 4. The van der Waals surface area contributed by atoms with Crippen molar-refractivity contribution < 1.29 is 14.5 Å². The molecular formula is C10H13ClN2O4. The molecule has 1 rings (SSSR count). The molecule has 7 heteroatoms. The highest BCUT2D eigenvalue weighted by Gasteiger charge is 2.24. The van der Waals surface area contributed by atoms with Gasteiger partial charge in [0.25, 0.3) is 5.69 Å². The van der Waals surface area contributed by atoms with E-state index in [4.69, 9.17) is 10.5 Å². The van der Waals surface area contributed by atoms with Crippen LogP contribution in [0.3, 0.4) is 0 Å². The summed E-state index contributed by atoms with van der Waals surface area (Å²) in [5, 5.41) is 10.8. The molecule has 0 atom stereocenters. The van der Waals surface area contributed by atoms with E-state index in [2.05, 4.69) is 0 Å². The summed E-state index contributed by atoms with van der Waals surface area (Å²) in [5.41, 5.74) is 5.50. The minimum absolute atomic E-state index is 0. The molecule has 1 aromatic rings. The van der Waals surface area contributed by atoms with Crippen molar-refractivity contribution in [3.63, 3.8) is 0 Å². The SMILES string of the molecule is CCOC(=O)c1c(CN)cccc1[N+](=O)[O-].Cl. The lowest BCUT2D eigenvalue weighted by atomic mass is 10.1. The van der Waals surface area contributed by atoms with Crippen LogP contribution in [-0.4, -0.2) is 17.5 Å². The normalized spacial score (nSPS) is 9.29. The zero-order chi connectivity index (χ0) is 12.1. The van der Waals surface area contributed by atoms with E-state index in [1.165, 1.54) is 12.1 Å². The van der Waals surface area contributed by atoms with E-state index in [9.17, 15) is 14.9 Å². The molecule has 0 fully saturated rings. The molecule has 2 N–H and O–H groups in total. The third kappa shape index (κ3) is 3.40. The third-order valence-corrected chi connectivity index (χ3v) is 2.02. The second-order valence-corrected chi connectivity index (χ2v) is 2.99. The maximum absolute atomic E-state index is 11.6. The monoisotopic (exact) mass is 260 g/mol. The highest BCUT2D eigenvalue weighted by molar-refractivity contribution is 5.95. The number of ether oxygens (including phenoxy) is 1. The van der Waals surface area contributed by atoms with Crippen LogP contribution < -0.4 is 5.73 Å². The minimum atomic E-state index is -0.713. The summed E-state index contributed by atoms with van der Waals surface area (Å²) in [6, 6.07) is 4.31. The molecule has 0 saturated heterocycles. The topological polar surface area (TPSA) is 95.5 Å². The molecule has 0 bridgehead atoms. The zero-order valence-corrected chi connectivity index (χ0v) is 10.0. The molecule has 0 spiro atoms. The first-order chi connectivity index (χ1) is 7.61. The van der Waals surface area contributed by atoms with Gasteiger partial charge in [-0.25, -0.2) is 4.79 Å². The number of esters is 1. The van der Waals surface area contributed by atoms with Crippen LogP contribution in [0, 0.1) is 10.1 Å². The van der Waals surface area contributed by atoms with Crippen molar-refractivity contribution in [2.24, 2.45) is 5.73 Å². The molecular weight excluding hydrogens is 248 g/mol. The molecule has 0 aliphatic carbocycles. The van der Waals surface area contributed by atoms with Gasteiger partial charge < -0.3 is 10.5 Å². The van der Waals surface area contributed by atoms with Crippen LogP contribution in [0.2, 0.25) is 0 Å². The first kappa shape index (κ1) is 15.3. The maximum Gasteiger partial charge on any atom is 0.345 e. The highest BCUT2D eigenvalue weighted by atomic mass is 35.5. The van der Waals surface area contributed by atoms with Crippen LogP contribution in [0.5, 0.6) is 0 Å². The lowest BCUT2D eigenvalue weighted by Gasteiger charge is -2.07. The van der Waals surface area contributed by atoms with Gasteiger partial charge in [-0.3, -0.25) is 10.1 Å². The van der Waals surface area contributed by atoms with Crippen LogP contribution in [0.25, 0.3) is 0 Å². The molecule has 1 aromatic carbocycles. The van der Waals surface area contributed by atoms with Crippen molar-refractivity contribution in [1.29, 1.82) is 0 Å². The summed E-state index contributed by atoms with van der Waals surface area (Å²) in [5.74, 6) is -0.713. The number of halogens is 1. The summed E-state index contributed by atoms with van der Waals surface area (Å²) in [6.45, 7) is 1.85. The number of hydrogen-bond acceptors (Lipinski definition) is 5. The summed E-state index contributed by atoms with van der Waals surface area (Å²) in [4.78, 5) is 21.7. The fourth-order valence-corrected chi connectivity index (χ4v) is 1.35. The number of nitro benzene ring substituents is 1. The van der Waals surface area contributed by atoms with Gasteiger partial charge in [-0.2, -0.15) is 0 Å². The predicted molar refractivity (Wildman–Crippen MR) is 64.2 cm³/mol. The van der Waals surface area contributed by atoms with Crippen LogP contribution in [0.4, 0.5) is 5.69 Å². The van der Waals surface area contributed by atoms with E-state index < -0.39 is 10.9 Å². The number of nitrogens with zero attached hydrogens (tertiary/aromatic N) is 1. The summed E-state index contributed by atoms with van der Waals surface area (Å²) in [7, 11) is 0. The van der Waals surface area contributed by atoms with Crippen LogP contribution in [-0.2, 0) is 11.3 Å². The molecule has 0 unspecified atom stereocenters. The third-order valence-electron chi connectivity index (χ3n) is 2.02. The summed E-state index contributed by atoms with van der Waals surface area (Å²) in [6.07, 6.45) is 0. The Morgan fingerprint density at radius 2 is 2.18 bits per heavy atom. The smallest absolute Gasteiger partial charge is 0.345 e. The minimum Gasteiger partial charge on any atom is -0.462 e. The second-order valence-electron chi connectivity index (χ2n) is 2.99. The first-order valence-electron chi connectivity index (χ1n) is 4.75. The standard InChI is InChI=1S/C10H12N2O4.ClH/c1-2-16-10(13)9-7(6-11)4-3-5-8(9)12(14)15;/h3-5H,2,6,11H2,1H3;1H. The molecule has 17 heavy (non-hydrogen) atoms. The Morgan fingerprint density at radius 3 is 2.65 bits per heavy atom. The molecule has 0 aromatic heterocycles. The Hall–Kier alpha value is -1.66. The molecule has 0 radical (unpaired) electrons. The van der Waals surface area contributed by atoms with Gasteiger partial charge in [0, 0.05) is 12.6 Å². The van der Waals surface area contributed by atoms with Gasteiger partial charge in [-0.1, -0.05) is 12.1 Å². The van der Waals surface area contributed by atoms with E-state index in [-0.39, 0.29) is 36.8 Å². The Labute approximate surface area is 104 Å². The number of carbonyl (C=O) groups excluding carboxylic acids is 1. The number of hydrogen-bond donors (Lipinski definition) is 1. The van der Waals surface area contributed by atoms with Crippen molar-refractivity contribution >= 4 is 24.1 Å². The summed E-state index contributed by atoms with van der Waals surface area (Å²) >= 11 is 0. The average Bonchev–Trinajstić information content (AvgIpc) is 2.28. The lowest BCUT2D eigenvalue weighted by Crippen LogP contribution is -2.13. The first-order valence-corrected chi connectivity index (χ1v) is 4.75. The Morgan fingerprint density at radius 1 is 1.53 bits per heavy atom. The quantitative estimate of drug-likeness (QED) is 0.504. The van der Waals surface area contributed by atoms with Crippen molar-refractivity contribution in [1.82, 2.24) is 0 Å². The van der Waals surface area contributed by atoms with Gasteiger partial charge in [0.1, 0.15) is 5.56 Å². The number of nitrogens with two attached hydrogens (primary N) is 1. The summed E-state index contributed by atoms with van der Waals surface area (Å²) < 4.78 is 4.76. The van der Waals surface area contributed by atoms with Gasteiger partial charge in [0.2, 0.25) is 0 Å². The van der Waals surface area contributed by atoms with Crippen molar-refractivity contribution in [2.45, 2.75) is 13.5 Å². The Balaban J connectivity index is 0.00000256. The zero-order valence-electron chi connectivity index (χ0n) is 9.21. The molecule has 0 heterocycles. The van der Waals surface area contributed by atoms with E-state index in [1.54, 1.807) is 13.0 Å². The molecule has 0 aliphatic rings. The van der Waals surface area contributed by atoms with Gasteiger partial charge >= 0.3 is 5.97 Å². The maximum atomic E-state index is 11.6. The van der Waals surface area contributed by atoms with E-state index >= 15 is 0 Å². The number of benzene rings is 1. The van der Waals surface area contributed by atoms with E-state index in [0.29, 0.717) is 5.56 Å². The van der Waals surface area contributed by atoms with Crippen molar-refractivity contribution in [3.8, 4) is 0 Å².